The molecule has 0 saturated heterocycles. The van der Waals surface area contributed by atoms with Crippen LogP contribution in [-0.2, 0) is 21.7 Å². The van der Waals surface area contributed by atoms with E-state index in [1.54, 1.807) is 0 Å². The Hall–Kier alpha value is 1.14. The normalized spacial score (nSPS) is 16.6. The smallest absolute Gasteiger partial charge is 0 e. The van der Waals surface area contributed by atoms with E-state index in [0.29, 0.717) is 7.92 Å². The summed E-state index contributed by atoms with van der Waals surface area (Å²) >= 11 is 0. The van der Waals surface area contributed by atoms with Gasteiger partial charge in [-0.2, -0.15) is 0 Å². The average molecular weight is 282 g/mol. The molecule has 0 atom stereocenters. The van der Waals surface area contributed by atoms with Gasteiger partial charge in [0, 0.05) is 21.7 Å². The molecule has 92 valence electrons. The summed E-state index contributed by atoms with van der Waals surface area (Å²) < 4.78 is 0. The fourth-order valence-electron chi connectivity index (χ4n) is 0.642. The summed E-state index contributed by atoms with van der Waals surface area (Å²) in [5, 5.41) is 0. The van der Waals surface area contributed by atoms with Gasteiger partial charge in [0.25, 0.3) is 0 Å². The minimum atomic E-state index is 0. The third-order valence-corrected chi connectivity index (χ3v) is 1.11. The van der Waals surface area contributed by atoms with E-state index in [1.165, 1.54) is 0 Å². The van der Waals surface area contributed by atoms with Crippen LogP contribution in [0.1, 0.15) is 0 Å². The Bertz CT molecular complexity index is 69.1. The van der Waals surface area contributed by atoms with Gasteiger partial charge in [-0.1, -0.05) is 13.8 Å². The molecule has 0 aromatic rings. The van der Waals surface area contributed by atoms with Gasteiger partial charge in [-0.3, -0.25) is 0 Å². The maximum absolute atomic E-state index is 3.00. The van der Waals surface area contributed by atoms with Gasteiger partial charge in [0.05, 0.1) is 0 Å². The third-order valence-electron chi connectivity index (χ3n) is 1.11. The van der Waals surface area contributed by atoms with Crippen molar-refractivity contribution in [3.05, 3.63) is 78.1 Å². The van der Waals surface area contributed by atoms with Gasteiger partial charge in [-0.25, -0.2) is 0 Å². The van der Waals surface area contributed by atoms with Gasteiger partial charge in [0.1, 0.15) is 0 Å². The molecule has 0 amide bonds. The molecule has 2 fully saturated rings. The fraction of sp³-hybridized carbons (Fsp3) is 0.200. The van der Waals surface area contributed by atoms with Gasteiger partial charge < -0.3 is 0 Å². The average Bonchev–Trinajstić information content (AvgIpc) is 2.99. The number of rotatable bonds is 0. The molecule has 0 unspecified atom stereocenters. The quantitative estimate of drug-likeness (QED) is 0.464. The molecule has 2 rings (SSSR count). The minimum Gasteiger partial charge on any atom is -0.116 e. The van der Waals surface area contributed by atoms with Gasteiger partial charge in [-0.15, -0.1) is 7.92 Å². The maximum atomic E-state index is 3.00. The Morgan fingerprint density at radius 3 is 0.647 bits per heavy atom. The minimum absolute atomic E-state index is 0. The van der Waals surface area contributed by atoms with Gasteiger partial charge in [-0.05, 0) is 84.2 Å². The Morgan fingerprint density at radius 1 is 0.529 bits per heavy atom. The molecular weight excluding hydrogens is 259 g/mol. The van der Waals surface area contributed by atoms with Crippen LogP contribution in [0.4, 0.5) is 0 Å². The molecule has 2 heteroatoms. The largest absolute Gasteiger partial charge is 0.116 e. The van der Waals surface area contributed by atoms with Crippen molar-refractivity contribution in [2.75, 3.05) is 20.0 Å². The topological polar surface area (TPSA) is 0 Å². The monoisotopic (exact) mass is 282 g/mol. The van der Waals surface area contributed by atoms with Crippen molar-refractivity contribution >= 4 is 7.92 Å². The van der Waals surface area contributed by atoms with E-state index in [2.05, 4.69) is 33.8 Å². The first-order chi connectivity index (χ1) is 7.73. The molecule has 12 radical (unpaired) electrons. The van der Waals surface area contributed by atoms with Crippen molar-refractivity contribution in [1.82, 2.24) is 0 Å². The number of hydrogen-bond acceptors (Lipinski definition) is 0. The van der Waals surface area contributed by atoms with Crippen LogP contribution in [0.2, 0.25) is 0 Å². The van der Waals surface area contributed by atoms with Gasteiger partial charge >= 0.3 is 0 Å². The zero-order valence-electron chi connectivity index (χ0n) is 11.1. The van der Waals surface area contributed by atoms with Crippen LogP contribution >= 0.6 is 7.92 Å². The standard InChI is InChI=1S/2C5H5.C3H9P.C2H4.Ti/c2*1-2-4-5-3-1;1-4(2)3;1-2;/h2*1-5H;1-3H3;1-2H2;. The molecule has 2 aliphatic rings. The zero-order chi connectivity index (χ0) is 12.6. The van der Waals surface area contributed by atoms with Gasteiger partial charge in [0.15, 0.2) is 0 Å². The molecule has 0 N–H and O–H groups in total. The molecule has 2 saturated carbocycles. The van der Waals surface area contributed by atoms with Crippen LogP contribution in [0.5, 0.6) is 0 Å². The van der Waals surface area contributed by atoms with Crippen molar-refractivity contribution in [1.29, 1.82) is 0 Å². The second-order valence-corrected chi connectivity index (χ2v) is 5.95. The molecule has 0 aliphatic heterocycles. The van der Waals surface area contributed by atoms with Crippen molar-refractivity contribution < 1.29 is 21.7 Å². The molecule has 0 nitrogen and oxygen atoms in total. The van der Waals surface area contributed by atoms with Crippen LogP contribution in [0.15, 0.2) is 0 Å². The summed E-state index contributed by atoms with van der Waals surface area (Å²) in [5.74, 6) is 0. The third kappa shape index (κ3) is 31.7. The van der Waals surface area contributed by atoms with Crippen molar-refractivity contribution in [2.45, 2.75) is 0 Å². The molecule has 2 aliphatic carbocycles. The molecule has 17 heavy (non-hydrogen) atoms. The van der Waals surface area contributed by atoms with E-state index in [4.69, 9.17) is 0 Å². The van der Waals surface area contributed by atoms with Crippen LogP contribution in [0, 0.1) is 78.1 Å². The van der Waals surface area contributed by atoms with Crippen molar-refractivity contribution in [2.24, 2.45) is 0 Å². The Labute approximate surface area is 127 Å². The van der Waals surface area contributed by atoms with Crippen LogP contribution in [0.25, 0.3) is 0 Å². The summed E-state index contributed by atoms with van der Waals surface area (Å²) in [5.41, 5.74) is 0. The molecular formula is C15H23PTi. The van der Waals surface area contributed by atoms with E-state index in [1.807, 2.05) is 64.2 Å². The summed E-state index contributed by atoms with van der Waals surface area (Å²) in [6, 6.07) is 0. The summed E-state index contributed by atoms with van der Waals surface area (Å²) in [7, 11) is 0.380. The predicted molar refractivity (Wildman–Crippen MR) is 78.4 cm³/mol. The Morgan fingerprint density at radius 2 is 0.588 bits per heavy atom. The van der Waals surface area contributed by atoms with Crippen LogP contribution in [0.3, 0.4) is 0 Å². The van der Waals surface area contributed by atoms with Crippen LogP contribution in [-0.4, -0.2) is 20.0 Å². The molecule has 0 aromatic heterocycles. The first-order valence-corrected chi connectivity index (χ1v) is 7.86. The fourth-order valence-corrected chi connectivity index (χ4v) is 0.642. The number of hydrogen-bond donors (Lipinski definition) is 0. The molecule has 0 aromatic carbocycles. The van der Waals surface area contributed by atoms with Crippen LogP contribution < -0.4 is 0 Å². The Balaban J connectivity index is -0.000000158. The first-order valence-electron chi connectivity index (χ1n) is 5.17. The molecule has 0 bridgehead atoms. The second kappa shape index (κ2) is 22.3. The SMILES string of the molecule is CP(C)C.[CH2][CH2].[CH]1[CH][CH][CH][CH]1.[CH]1[CH][CH][CH][CH]1.[Ti]. The van der Waals surface area contributed by atoms with Crippen molar-refractivity contribution in [3.63, 3.8) is 0 Å². The van der Waals surface area contributed by atoms with Gasteiger partial charge in [0.2, 0.25) is 0 Å². The molecule has 0 heterocycles. The van der Waals surface area contributed by atoms with E-state index in [0.717, 1.165) is 0 Å². The Kier molecular flexibility index (Phi) is 30.6. The summed E-state index contributed by atoms with van der Waals surface area (Å²) in [6.07, 6.45) is 20.0. The maximum Gasteiger partial charge on any atom is 0 e. The van der Waals surface area contributed by atoms with E-state index in [-0.39, 0.29) is 21.7 Å². The zero-order valence-corrected chi connectivity index (χ0v) is 13.6. The summed E-state index contributed by atoms with van der Waals surface area (Å²) in [6.45, 7) is 12.7. The molecule has 0 spiro atoms. The van der Waals surface area contributed by atoms with Crippen molar-refractivity contribution in [3.8, 4) is 0 Å². The summed E-state index contributed by atoms with van der Waals surface area (Å²) in [4.78, 5) is 0. The van der Waals surface area contributed by atoms with E-state index >= 15 is 0 Å². The van der Waals surface area contributed by atoms with E-state index < -0.39 is 0 Å². The second-order valence-electron chi connectivity index (χ2n) is 3.27. The first kappa shape index (κ1) is 23.3. The predicted octanol–water partition coefficient (Wildman–Crippen LogP) is 4.05. The van der Waals surface area contributed by atoms with E-state index in [9.17, 15) is 0 Å².